The maximum absolute atomic E-state index is 5.84. The van der Waals surface area contributed by atoms with E-state index in [1.54, 1.807) is 18.5 Å². The molecule has 0 atom stereocenters. The minimum atomic E-state index is 0.584. The average Bonchev–Trinajstić information content (AvgIpc) is 2.34. The molecule has 1 aromatic carbocycles. The van der Waals surface area contributed by atoms with Crippen molar-refractivity contribution in [3.8, 4) is 0 Å². The molecular weight excluding hydrogens is 162 g/mol. The number of imidazole rings is 1. The molecular formula is C7H6ClN3. The van der Waals surface area contributed by atoms with Crippen molar-refractivity contribution in [1.82, 2.24) is 9.97 Å². The van der Waals surface area contributed by atoms with Crippen LogP contribution in [0.4, 0.5) is 5.69 Å². The molecule has 0 aliphatic rings. The highest BCUT2D eigenvalue weighted by Crippen LogP contribution is 2.23. The summed E-state index contributed by atoms with van der Waals surface area (Å²) >= 11 is 5.84. The van der Waals surface area contributed by atoms with Crippen molar-refractivity contribution in [2.45, 2.75) is 0 Å². The molecule has 11 heavy (non-hydrogen) atoms. The predicted octanol–water partition coefficient (Wildman–Crippen LogP) is 1.80. The normalized spacial score (nSPS) is 10.6. The molecule has 0 spiro atoms. The van der Waals surface area contributed by atoms with Gasteiger partial charge in [0.2, 0.25) is 0 Å². The highest BCUT2D eigenvalue weighted by atomic mass is 35.5. The molecule has 0 bridgehead atoms. The molecule has 0 saturated heterocycles. The Morgan fingerprint density at radius 2 is 2.27 bits per heavy atom. The number of nitrogens with zero attached hydrogens (tertiary/aromatic N) is 1. The fourth-order valence-electron chi connectivity index (χ4n) is 1.03. The Morgan fingerprint density at radius 1 is 1.45 bits per heavy atom. The number of hydrogen-bond acceptors (Lipinski definition) is 2. The first kappa shape index (κ1) is 6.49. The van der Waals surface area contributed by atoms with Crippen molar-refractivity contribution < 1.29 is 0 Å². The van der Waals surface area contributed by atoms with Gasteiger partial charge in [-0.15, -0.1) is 0 Å². The van der Waals surface area contributed by atoms with Gasteiger partial charge in [0, 0.05) is 5.69 Å². The monoisotopic (exact) mass is 167 g/mol. The number of nitrogens with one attached hydrogen (secondary N) is 1. The van der Waals surface area contributed by atoms with Crippen LogP contribution < -0.4 is 5.73 Å². The van der Waals surface area contributed by atoms with Crippen molar-refractivity contribution >= 4 is 28.3 Å². The summed E-state index contributed by atoms with van der Waals surface area (Å²) in [6.45, 7) is 0. The summed E-state index contributed by atoms with van der Waals surface area (Å²) < 4.78 is 0. The quantitative estimate of drug-likeness (QED) is 0.588. The molecule has 3 nitrogen and oxygen atoms in total. The SMILES string of the molecule is Nc1cc(Cl)c2nc[nH]c2c1. The van der Waals surface area contributed by atoms with Crippen molar-refractivity contribution in [2.75, 3.05) is 5.73 Å². The van der Waals surface area contributed by atoms with E-state index in [2.05, 4.69) is 9.97 Å². The van der Waals surface area contributed by atoms with E-state index in [9.17, 15) is 0 Å². The first-order chi connectivity index (χ1) is 5.27. The smallest absolute Gasteiger partial charge is 0.107 e. The maximum Gasteiger partial charge on any atom is 0.107 e. The fourth-order valence-corrected chi connectivity index (χ4v) is 1.30. The van der Waals surface area contributed by atoms with Crippen LogP contribution in [-0.4, -0.2) is 9.97 Å². The van der Waals surface area contributed by atoms with Gasteiger partial charge in [-0.2, -0.15) is 0 Å². The van der Waals surface area contributed by atoms with E-state index in [0.717, 1.165) is 11.0 Å². The number of rotatable bonds is 0. The first-order valence-electron chi connectivity index (χ1n) is 3.15. The van der Waals surface area contributed by atoms with Gasteiger partial charge in [0.15, 0.2) is 0 Å². The van der Waals surface area contributed by atoms with Crippen LogP contribution in [0, 0.1) is 0 Å². The summed E-state index contributed by atoms with van der Waals surface area (Å²) in [6.07, 6.45) is 1.59. The van der Waals surface area contributed by atoms with Crippen LogP contribution in [0.25, 0.3) is 11.0 Å². The lowest BCUT2D eigenvalue weighted by molar-refractivity contribution is 1.34. The second-order valence-electron chi connectivity index (χ2n) is 2.30. The average molecular weight is 168 g/mol. The summed E-state index contributed by atoms with van der Waals surface area (Å²) in [6, 6.07) is 3.49. The van der Waals surface area contributed by atoms with Crippen LogP contribution in [0.2, 0.25) is 5.02 Å². The molecule has 3 N–H and O–H groups in total. The Balaban J connectivity index is 2.91. The van der Waals surface area contributed by atoms with Crippen LogP contribution in [0.1, 0.15) is 0 Å². The van der Waals surface area contributed by atoms with Gasteiger partial charge in [0.1, 0.15) is 5.52 Å². The number of benzene rings is 1. The third-order valence-electron chi connectivity index (χ3n) is 1.50. The lowest BCUT2D eigenvalue weighted by atomic mass is 10.3. The van der Waals surface area contributed by atoms with Crippen molar-refractivity contribution in [3.63, 3.8) is 0 Å². The van der Waals surface area contributed by atoms with Crippen molar-refractivity contribution in [3.05, 3.63) is 23.5 Å². The molecule has 1 heterocycles. The largest absolute Gasteiger partial charge is 0.399 e. The maximum atomic E-state index is 5.84. The van der Waals surface area contributed by atoms with Gasteiger partial charge in [-0.1, -0.05) is 11.6 Å². The lowest BCUT2D eigenvalue weighted by Crippen LogP contribution is -1.84. The highest BCUT2D eigenvalue weighted by Gasteiger charge is 2.01. The van der Waals surface area contributed by atoms with Crippen LogP contribution in [0.15, 0.2) is 18.5 Å². The zero-order valence-corrected chi connectivity index (χ0v) is 6.39. The topological polar surface area (TPSA) is 54.7 Å². The Labute approximate surface area is 68.2 Å². The Bertz CT molecular complexity index is 393. The summed E-state index contributed by atoms with van der Waals surface area (Å²) in [5.74, 6) is 0. The summed E-state index contributed by atoms with van der Waals surface area (Å²) in [5.41, 5.74) is 7.83. The van der Waals surface area contributed by atoms with Gasteiger partial charge in [0.05, 0.1) is 16.9 Å². The van der Waals surface area contributed by atoms with Crippen LogP contribution >= 0.6 is 11.6 Å². The number of hydrogen-bond donors (Lipinski definition) is 2. The number of anilines is 1. The van der Waals surface area contributed by atoms with Gasteiger partial charge in [-0.05, 0) is 12.1 Å². The van der Waals surface area contributed by atoms with E-state index in [0.29, 0.717) is 10.7 Å². The Hall–Kier alpha value is -1.22. The highest BCUT2D eigenvalue weighted by molar-refractivity contribution is 6.35. The zero-order valence-electron chi connectivity index (χ0n) is 5.63. The van der Waals surface area contributed by atoms with Gasteiger partial charge < -0.3 is 10.7 Å². The number of H-pyrrole nitrogens is 1. The van der Waals surface area contributed by atoms with E-state index in [4.69, 9.17) is 17.3 Å². The minimum Gasteiger partial charge on any atom is -0.399 e. The Morgan fingerprint density at radius 3 is 3.09 bits per heavy atom. The van der Waals surface area contributed by atoms with Crippen molar-refractivity contribution in [1.29, 1.82) is 0 Å². The molecule has 2 aromatic rings. The number of aromatic nitrogens is 2. The standard InChI is InChI=1S/C7H6ClN3/c8-5-1-4(9)2-6-7(5)11-3-10-6/h1-3H,9H2,(H,10,11). The number of aromatic amines is 1. The molecule has 0 aliphatic heterocycles. The van der Waals surface area contributed by atoms with Gasteiger partial charge in [-0.3, -0.25) is 0 Å². The molecule has 0 saturated carbocycles. The van der Waals surface area contributed by atoms with E-state index in [1.165, 1.54) is 0 Å². The fraction of sp³-hybridized carbons (Fsp3) is 0. The molecule has 0 fully saturated rings. The molecule has 0 unspecified atom stereocenters. The molecule has 2 rings (SSSR count). The van der Waals surface area contributed by atoms with Gasteiger partial charge >= 0.3 is 0 Å². The number of halogens is 1. The zero-order chi connectivity index (χ0) is 7.84. The number of fused-ring (bicyclic) bond motifs is 1. The van der Waals surface area contributed by atoms with E-state index in [-0.39, 0.29) is 0 Å². The molecule has 0 radical (unpaired) electrons. The number of nitrogens with two attached hydrogens (primary N) is 1. The molecule has 0 amide bonds. The van der Waals surface area contributed by atoms with Crippen LogP contribution in [0.5, 0.6) is 0 Å². The van der Waals surface area contributed by atoms with E-state index >= 15 is 0 Å². The van der Waals surface area contributed by atoms with Gasteiger partial charge in [0.25, 0.3) is 0 Å². The van der Waals surface area contributed by atoms with E-state index < -0.39 is 0 Å². The number of nitrogen functional groups attached to an aromatic ring is 1. The third kappa shape index (κ3) is 0.935. The van der Waals surface area contributed by atoms with E-state index in [1.807, 2.05) is 0 Å². The van der Waals surface area contributed by atoms with Crippen LogP contribution in [0.3, 0.4) is 0 Å². The lowest BCUT2D eigenvalue weighted by Gasteiger charge is -1.94. The summed E-state index contributed by atoms with van der Waals surface area (Å²) in [5, 5.41) is 0.584. The minimum absolute atomic E-state index is 0.584. The third-order valence-corrected chi connectivity index (χ3v) is 1.79. The van der Waals surface area contributed by atoms with Gasteiger partial charge in [-0.25, -0.2) is 4.98 Å². The Kier molecular flexibility index (Phi) is 1.26. The van der Waals surface area contributed by atoms with Crippen molar-refractivity contribution in [2.24, 2.45) is 0 Å². The molecule has 4 heteroatoms. The molecule has 1 aromatic heterocycles. The second-order valence-corrected chi connectivity index (χ2v) is 2.71. The summed E-state index contributed by atoms with van der Waals surface area (Å²) in [4.78, 5) is 6.94. The molecule has 56 valence electrons. The predicted molar refractivity (Wildman–Crippen MR) is 45.5 cm³/mol. The second kappa shape index (κ2) is 2.13. The first-order valence-corrected chi connectivity index (χ1v) is 3.53. The summed E-state index contributed by atoms with van der Waals surface area (Å²) in [7, 11) is 0. The van der Waals surface area contributed by atoms with Crippen LogP contribution in [-0.2, 0) is 0 Å². The molecule has 0 aliphatic carbocycles.